The highest BCUT2D eigenvalue weighted by molar-refractivity contribution is 5.93. The van der Waals surface area contributed by atoms with Crippen LogP contribution in [0.25, 0.3) is 0 Å². The summed E-state index contributed by atoms with van der Waals surface area (Å²) in [6.45, 7) is 2.00. The van der Waals surface area contributed by atoms with Crippen LogP contribution in [0.15, 0.2) is 24.3 Å². The van der Waals surface area contributed by atoms with Gasteiger partial charge in [0, 0.05) is 37.4 Å². The molecular formula is C14H20N4O3. The van der Waals surface area contributed by atoms with E-state index in [4.69, 9.17) is 4.74 Å². The first-order valence-electron chi connectivity index (χ1n) is 6.87. The zero-order chi connectivity index (χ0) is 15.1. The zero-order valence-corrected chi connectivity index (χ0v) is 11.9. The lowest BCUT2D eigenvalue weighted by molar-refractivity contribution is -0.117. The maximum absolute atomic E-state index is 12.0. The van der Waals surface area contributed by atoms with Crippen LogP contribution >= 0.6 is 0 Å². The SMILES string of the molecule is CNC(=O)Nc1cccc(NC(=O)CC2COCCN2)c1. The molecule has 1 aromatic carbocycles. The molecule has 0 spiro atoms. The van der Waals surface area contributed by atoms with Gasteiger partial charge in [-0.05, 0) is 18.2 Å². The Balaban J connectivity index is 1.87. The molecule has 7 nitrogen and oxygen atoms in total. The third-order valence-electron chi connectivity index (χ3n) is 3.06. The van der Waals surface area contributed by atoms with Gasteiger partial charge in [0.25, 0.3) is 0 Å². The summed E-state index contributed by atoms with van der Waals surface area (Å²) >= 11 is 0. The smallest absolute Gasteiger partial charge is 0.318 e. The summed E-state index contributed by atoms with van der Waals surface area (Å²) in [5.74, 6) is -0.0879. The minimum absolute atomic E-state index is 0.0472. The van der Waals surface area contributed by atoms with Crippen molar-refractivity contribution in [3.63, 3.8) is 0 Å². The highest BCUT2D eigenvalue weighted by Crippen LogP contribution is 2.15. The van der Waals surface area contributed by atoms with Crippen LogP contribution in [0.3, 0.4) is 0 Å². The number of ether oxygens (including phenoxy) is 1. The Labute approximate surface area is 123 Å². The van der Waals surface area contributed by atoms with Gasteiger partial charge >= 0.3 is 6.03 Å². The number of urea groups is 1. The predicted molar refractivity (Wildman–Crippen MR) is 80.4 cm³/mol. The standard InChI is InChI=1S/C14H20N4O3/c1-15-14(20)18-11-4-2-3-10(7-11)17-13(19)8-12-9-21-6-5-16-12/h2-4,7,12,16H,5-6,8-9H2,1H3,(H,17,19)(H2,15,18,20). The number of nitrogens with one attached hydrogen (secondary N) is 4. The summed E-state index contributed by atoms with van der Waals surface area (Å²) in [5.41, 5.74) is 1.26. The van der Waals surface area contributed by atoms with E-state index in [2.05, 4.69) is 21.3 Å². The Kier molecular flexibility index (Phi) is 5.53. The molecule has 1 atom stereocenters. The fourth-order valence-corrected chi connectivity index (χ4v) is 2.05. The van der Waals surface area contributed by atoms with Crippen LogP contribution in [0.2, 0.25) is 0 Å². The number of carbonyl (C=O) groups is 2. The Morgan fingerprint density at radius 2 is 2.10 bits per heavy atom. The van der Waals surface area contributed by atoms with Gasteiger partial charge in [0.05, 0.1) is 13.2 Å². The van der Waals surface area contributed by atoms with Gasteiger partial charge in [0.1, 0.15) is 0 Å². The molecule has 1 fully saturated rings. The van der Waals surface area contributed by atoms with E-state index in [1.807, 2.05) is 0 Å². The monoisotopic (exact) mass is 292 g/mol. The number of rotatable bonds is 4. The summed E-state index contributed by atoms with van der Waals surface area (Å²) in [6, 6.07) is 6.74. The van der Waals surface area contributed by atoms with Crippen molar-refractivity contribution < 1.29 is 14.3 Å². The van der Waals surface area contributed by atoms with Crippen LogP contribution in [-0.2, 0) is 9.53 Å². The van der Waals surface area contributed by atoms with Crippen molar-refractivity contribution in [3.8, 4) is 0 Å². The first kappa shape index (κ1) is 15.3. The second kappa shape index (κ2) is 7.61. The molecule has 2 rings (SSSR count). The molecule has 3 amide bonds. The molecular weight excluding hydrogens is 272 g/mol. The van der Waals surface area contributed by atoms with Crippen LogP contribution in [0, 0.1) is 0 Å². The maximum atomic E-state index is 12.0. The average Bonchev–Trinajstić information content (AvgIpc) is 2.48. The molecule has 1 saturated heterocycles. The van der Waals surface area contributed by atoms with Crippen molar-refractivity contribution in [1.29, 1.82) is 0 Å². The van der Waals surface area contributed by atoms with Gasteiger partial charge in [0.15, 0.2) is 0 Å². The quantitative estimate of drug-likeness (QED) is 0.659. The summed E-state index contributed by atoms with van der Waals surface area (Å²) in [7, 11) is 1.54. The summed E-state index contributed by atoms with van der Waals surface area (Å²) < 4.78 is 5.31. The van der Waals surface area contributed by atoms with Crippen molar-refractivity contribution in [1.82, 2.24) is 10.6 Å². The minimum Gasteiger partial charge on any atom is -0.378 e. The molecule has 7 heteroatoms. The van der Waals surface area contributed by atoms with Gasteiger partial charge in [-0.3, -0.25) is 4.79 Å². The number of carbonyl (C=O) groups excluding carboxylic acids is 2. The van der Waals surface area contributed by atoms with E-state index >= 15 is 0 Å². The molecule has 1 heterocycles. The zero-order valence-electron chi connectivity index (χ0n) is 11.9. The van der Waals surface area contributed by atoms with Gasteiger partial charge in [-0.25, -0.2) is 4.79 Å². The lowest BCUT2D eigenvalue weighted by Crippen LogP contribution is -2.43. The Morgan fingerprint density at radius 3 is 2.76 bits per heavy atom. The Bertz CT molecular complexity index is 501. The molecule has 0 saturated carbocycles. The van der Waals surface area contributed by atoms with Crippen molar-refractivity contribution in [2.75, 3.05) is 37.4 Å². The van der Waals surface area contributed by atoms with E-state index in [1.54, 1.807) is 31.3 Å². The number of hydrogen-bond donors (Lipinski definition) is 4. The summed E-state index contributed by atoms with van der Waals surface area (Å²) in [5, 5.41) is 11.2. The molecule has 0 aliphatic carbocycles. The Morgan fingerprint density at radius 1 is 1.33 bits per heavy atom. The van der Waals surface area contributed by atoms with E-state index in [-0.39, 0.29) is 18.0 Å². The molecule has 4 N–H and O–H groups in total. The van der Waals surface area contributed by atoms with Gasteiger partial charge in [-0.1, -0.05) is 6.07 Å². The largest absolute Gasteiger partial charge is 0.378 e. The second-order valence-corrected chi connectivity index (χ2v) is 4.76. The first-order chi connectivity index (χ1) is 10.2. The highest BCUT2D eigenvalue weighted by atomic mass is 16.5. The van der Waals surface area contributed by atoms with E-state index in [9.17, 15) is 9.59 Å². The third-order valence-corrected chi connectivity index (χ3v) is 3.06. The fraction of sp³-hybridized carbons (Fsp3) is 0.429. The molecule has 21 heavy (non-hydrogen) atoms. The van der Waals surface area contributed by atoms with Gasteiger partial charge in [-0.15, -0.1) is 0 Å². The molecule has 114 valence electrons. The normalized spacial score (nSPS) is 17.9. The first-order valence-corrected chi connectivity index (χ1v) is 6.87. The fourth-order valence-electron chi connectivity index (χ4n) is 2.05. The van der Waals surface area contributed by atoms with Crippen LogP contribution in [0.4, 0.5) is 16.2 Å². The van der Waals surface area contributed by atoms with E-state index in [1.165, 1.54) is 0 Å². The van der Waals surface area contributed by atoms with Crippen molar-refractivity contribution in [2.45, 2.75) is 12.5 Å². The van der Waals surface area contributed by atoms with Gasteiger partial charge in [-0.2, -0.15) is 0 Å². The van der Waals surface area contributed by atoms with Crippen LogP contribution in [-0.4, -0.2) is 44.8 Å². The molecule has 1 aromatic rings. The molecule has 0 bridgehead atoms. The van der Waals surface area contributed by atoms with Crippen molar-refractivity contribution in [2.24, 2.45) is 0 Å². The number of anilines is 2. The number of hydrogen-bond acceptors (Lipinski definition) is 4. The summed E-state index contributed by atoms with van der Waals surface area (Å²) in [6.07, 6.45) is 0.354. The predicted octanol–water partition coefficient (Wildman–Crippen LogP) is 0.755. The molecule has 1 aliphatic rings. The lowest BCUT2D eigenvalue weighted by atomic mass is 10.2. The lowest BCUT2D eigenvalue weighted by Gasteiger charge is -2.23. The van der Waals surface area contributed by atoms with Crippen LogP contribution < -0.4 is 21.3 Å². The van der Waals surface area contributed by atoms with Crippen molar-refractivity contribution >= 4 is 23.3 Å². The van der Waals surface area contributed by atoms with Crippen LogP contribution in [0.1, 0.15) is 6.42 Å². The van der Waals surface area contributed by atoms with E-state index in [0.29, 0.717) is 31.0 Å². The van der Waals surface area contributed by atoms with Crippen LogP contribution in [0.5, 0.6) is 0 Å². The number of morpholine rings is 1. The Hall–Kier alpha value is -2.12. The second-order valence-electron chi connectivity index (χ2n) is 4.76. The number of benzene rings is 1. The van der Waals surface area contributed by atoms with Gasteiger partial charge < -0.3 is 26.0 Å². The highest BCUT2D eigenvalue weighted by Gasteiger charge is 2.16. The minimum atomic E-state index is -0.304. The summed E-state index contributed by atoms with van der Waals surface area (Å²) in [4.78, 5) is 23.2. The van der Waals surface area contributed by atoms with E-state index in [0.717, 1.165) is 6.54 Å². The van der Waals surface area contributed by atoms with Crippen molar-refractivity contribution in [3.05, 3.63) is 24.3 Å². The van der Waals surface area contributed by atoms with Gasteiger partial charge in [0.2, 0.25) is 5.91 Å². The average molecular weight is 292 g/mol. The third kappa shape index (κ3) is 5.05. The molecule has 1 aliphatic heterocycles. The molecule has 0 radical (unpaired) electrons. The topological polar surface area (TPSA) is 91.5 Å². The van der Waals surface area contributed by atoms with E-state index < -0.39 is 0 Å². The number of amides is 3. The molecule has 0 aromatic heterocycles. The molecule has 1 unspecified atom stereocenters. The maximum Gasteiger partial charge on any atom is 0.318 e.